The Morgan fingerprint density at radius 2 is 2.23 bits per heavy atom. The standard InChI is InChI=1S/C15H28N2O5/c1-4-5-7-21-12(2)15(20)17-6-8-22-13(10-17)9-16(3)11-14(18)19/h12-13H,4-11H2,1-3H3,(H,18,19). The maximum absolute atomic E-state index is 12.3. The Morgan fingerprint density at radius 3 is 2.86 bits per heavy atom. The third-order valence-corrected chi connectivity index (χ3v) is 3.58. The minimum absolute atomic E-state index is 0.0229. The van der Waals surface area contributed by atoms with Crippen LogP contribution >= 0.6 is 0 Å². The molecule has 0 saturated carbocycles. The van der Waals surface area contributed by atoms with Crippen molar-refractivity contribution in [2.75, 3.05) is 46.4 Å². The molecule has 1 N–H and O–H groups in total. The molecule has 0 spiro atoms. The number of carbonyl (C=O) groups is 2. The number of carboxylic acid groups (broad SMARTS) is 1. The zero-order valence-electron chi connectivity index (χ0n) is 13.8. The highest BCUT2D eigenvalue weighted by Gasteiger charge is 2.28. The van der Waals surface area contributed by atoms with Gasteiger partial charge in [0.15, 0.2) is 0 Å². The van der Waals surface area contributed by atoms with Gasteiger partial charge >= 0.3 is 5.97 Å². The summed E-state index contributed by atoms with van der Waals surface area (Å²) in [6, 6.07) is 0. The van der Waals surface area contributed by atoms with Gasteiger partial charge in [0.25, 0.3) is 5.91 Å². The number of nitrogens with zero attached hydrogens (tertiary/aromatic N) is 2. The molecule has 0 aromatic rings. The monoisotopic (exact) mass is 316 g/mol. The Bertz CT molecular complexity index is 364. The summed E-state index contributed by atoms with van der Waals surface area (Å²) in [7, 11) is 1.73. The van der Waals surface area contributed by atoms with Crippen LogP contribution in [0.25, 0.3) is 0 Å². The largest absolute Gasteiger partial charge is 0.480 e. The molecule has 0 aromatic heterocycles. The number of morpholine rings is 1. The molecule has 1 aliphatic heterocycles. The Morgan fingerprint density at radius 1 is 1.50 bits per heavy atom. The molecular formula is C15H28N2O5. The molecule has 1 heterocycles. The van der Waals surface area contributed by atoms with Crippen molar-refractivity contribution in [1.82, 2.24) is 9.80 Å². The van der Waals surface area contributed by atoms with Crippen molar-refractivity contribution < 1.29 is 24.2 Å². The summed E-state index contributed by atoms with van der Waals surface area (Å²) < 4.78 is 11.2. The second kappa shape index (κ2) is 9.76. The van der Waals surface area contributed by atoms with Gasteiger partial charge in [-0.2, -0.15) is 0 Å². The average Bonchev–Trinajstić information content (AvgIpc) is 2.46. The second-order valence-corrected chi connectivity index (χ2v) is 5.73. The van der Waals surface area contributed by atoms with Crippen LogP contribution in [0.4, 0.5) is 0 Å². The smallest absolute Gasteiger partial charge is 0.317 e. The first-order valence-electron chi connectivity index (χ1n) is 7.86. The van der Waals surface area contributed by atoms with Crippen LogP contribution in [0.3, 0.4) is 0 Å². The summed E-state index contributed by atoms with van der Waals surface area (Å²) in [5.41, 5.74) is 0. The van der Waals surface area contributed by atoms with Crippen LogP contribution in [-0.2, 0) is 19.1 Å². The molecule has 1 rings (SSSR count). The molecule has 1 amide bonds. The fourth-order valence-electron chi connectivity index (χ4n) is 2.41. The number of unbranched alkanes of at least 4 members (excludes halogenated alkanes) is 1. The number of amides is 1. The van der Waals surface area contributed by atoms with Gasteiger partial charge in [0.05, 0.1) is 19.3 Å². The van der Waals surface area contributed by atoms with E-state index >= 15 is 0 Å². The third-order valence-electron chi connectivity index (χ3n) is 3.58. The summed E-state index contributed by atoms with van der Waals surface area (Å²) in [4.78, 5) is 26.4. The fraction of sp³-hybridized carbons (Fsp3) is 0.867. The molecule has 0 radical (unpaired) electrons. The first-order valence-corrected chi connectivity index (χ1v) is 7.86. The predicted molar refractivity (Wildman–Crippen MR) is 81.8 cm³/mol. The number of carboxylic acids is 1. The molecule has 0 bridgehead atoms. The summed E-state index contributed by atoms with van der Waals surface area (Å²) in [5, 5.41) is 8.77. The molecule has 22 heavy (non-hydrogen) atoms. The van der Waals surface area contributed by atoms with Gasteiger partial charge in [0.1, 0.15) is 6.10 Å². The van der Waals surface area contributed by atoms with Crippen molar-refractivity contribution in [3.8, 4) is 0 Å². The van der Waals surface area contributed by atoms with Gasteiger partial charge in [0, 0.05) is 26.2 Å². The van der Waals surface area contributed by atoms with Crippen LogP contribution in [0.5, 0.6) is 0 Å². The zero-order chi connectivity index (χ0) is 16.5. The lowest BCUT2D eigenvalue weighted by atomic mass is 10.2. The highest BCUT2D eigenvalue weighted by molar-refractivity contribution is 5.80. The van der Waals surface area contributed by atoms with Gasteiger partial charge in [-0.3, -0.25) is 14.5 Å². The van der Waals surface area contributed by atoms with Crippen molar-refractivity contribution in [2.45, 2.75) is 38.9 Å². The number of likely N-dealkylation sites (N-methyl/N-ethyl adjacent to an activating group) is 1. The van der Waals surface area contributed by atoms with E-state index < -0.39 is 12.1 Å². The SMILES string of the molecule is CCCCOC(C)C(=O)N1CCOC(CN(C)CC(=O)O)C1. The Balaban J connectivity index is 2.41. The summed E-state index contributed by atoms with van der Waals surface area (Å²) in [5.74, 6) is -0.894. The van der Waals surface area contributed by atoms with Crippen LogP contribution in [0, 0.1) is 0 Å². The van der Waals surface area contributed by atoms with E-state index in [1.54, 1.807) is 23.8 Å². The van der Waals surface area contributed by atoms with Crippen LogP contribution < -0.4 is 0 Å². The number of carbonyl (C=O) groups excluding carboxylic acids is 1. The van der Waals surface area contributed by atoms with Gasteiger partial charge in [0.2, 0.25) is 0 Å². The van der Waals surface area contributed by atoms with Crippen LogP contribution in [-0.4, -0.2) is 85.4 Å². The van der Waals surface area contributed by atoms with Crippen molar-refractivity contribution >= 4 is 11.9 Å². The highest BCUT2D eigenvalue weighted by Crippen LogP contribution is 2.10. The number of ether oxygens (including phenoxy) is 2. The van der Waals surface area contributed by atoms with E-state index in [0.29, 0.717) is 32.8 Å². The number of hydrogen-bond acceptors (Lipinski definition) is 5. The highest BCUT2D eigenvalue weighted by atomic mass is 16.5. The molecular weight excluding hydrogens is 288 g/mol. The van der Waals surface area contributed by atoms with Gasteiger partial charge in [-0.05, 0) is 20.4 Å². The van der Waals surface area contributed by atoms with Gasteiger partial charge in [-0.15, -0.1) is 0 Å². The molecule has 2 unspecified atom stereocenters. The lowest BCUT2D eigenvalue weighted by Crippen LogP contribution is -2.52. The Labute approximate surface area is 132 Å². The molecule has 7 nitrogen and oxygen atoms in total. The van der Waals surface area contributed by atoms with Crippen molar-refractivity contribution in [2.24, 2.45) is 0 Å². The predicted octanol–water partition coefficient (Wildman–Crippen LogP) is 0.435. The number of rotatable bonds is 9. The second-order valence-electron chi connectivity index (χ2n) is 5.73. The van der Waals surface area contributed by atoms with E-state index in [1.165, 1.54) is 0 Å². The quantitative estimate of drug-likeness (QED) is 0.622. The molecule has 2 atom stereocenters. The van der Waals surface area contributed by atoms with E-state index in [4.69, 9.17) is 14.6 Å². The van der Waals surface area contributed by atoms with Crippen molar-refractivity contribution in [1.29, 1.82) is 0 Å². The lowest BCUT2D eigenvalue weighted by Gasteiger charge is -2.35. The first kappa shape index (κ1) is 18.9. The van der Waals surface area contributed by atoms with E-state index in [1.807, 2.05) is 0 Å². The average molecular weight is 316 g/mol. The minimum Gasteiger partial charge on any atom is -0.480 e. The zero-order valence-corrected chi connectivity index (χ0v) is 13.8. The maximum Gasteiger partial charge on any atom is 0.317 e. The molecule has 1 fully saturated rings. The van der Waals surface area contributed by atoms with E-state index in [-0.39, 0.29) is 18.6 Å². The summed E-state index contributed by atoms with van der Waals surface area (Å²) in [6.45, 7) is 6.40. The summed E-state index contributed by atoms with van der Waals surface area (Å²) >= 11 is 0. The van der Waals surface area contributed by atoms with Gasteiger partial charge < -0.3 is 19.5 Å². The number of hydrogen-bond donors (Lipinski definition) is 1. The Kier molecular flexibility index (Phi) is 8.37. The fourth-order valence-corrected chi connectivity index (χ4v) is 2.41. The van der Waals surface area contributed by atoms with Crippen LogP contribution in [0.1, 0.15) is 26.7 Å². The van der Waals surface area contributed by atoms with Crippen molar-refractivity contribution in [3.05, 3.63) is 0 Å². The normalized spacial score (nSPS) is 20.2. The van der Waals surface area contributed by atoms with Gasteiger partial charge in [-0.1, -0.05) is 13.3 Å². The molecule has 1 aliphatic rings. The van der Waals surface area contributed by atoms with Crippen molar-refractivity contribution in [3.63, 3.8) is 0 Å². The number of aliphatic carboxylic acids is 1. The molecule has 0 aliphatic carbocycles. The topological polar surface area (TPSA) is 79.3 Å². The molecule has 128 valence electrons. The minimum atomic E-state index is -0.871. The van der Waals surface area contributed by atoms with E-state index in [0.717, 1.165) is 12.8 Å². The first-order chi connectivity index (χ1) is 10.4. The van der Waals surface area contributed by atoms with Crippen LogP contribution in [0.15, 0.2) is 0 Å². The third kappa shape index (κ3) is 6.72. The maximum atomic E-state index is 12.3. The van der Waals surface area contributed by atoms with E-state index in [9.17, 15) is 9.59 Å². The Hall–Kier alpha value is -1.18. The molecule has 1 saturated heterocycles. The van der Waals surface area contributed by atoms with E-state index in [2.05, 4.69) is 6.92 Å². The summed E-state index contributed by atoms with van der Waals surface area (Å²) in [6.07, 6.45) is 1.38. The van der Waals surface area contributed by atoms with Gasteiger partial charge in [-0.25, -0.2) is 0 Å². The molecule has 0 aromatic carbocycles. The van der Waals surface area contributed by atoms with Crippen LogP contribution in [0.2, 0.25) is 0 Å². The lowest BCUT2D eigenvalue weighted by molar-refractivity contribution is -0.151. The molecule has 7 heteroatoms.